The van der Waals surface area contributed by atoms with E-state index in [-0.39, 0.29) is 5.91 Å². The highest BCUT2D eigenvalue weighted by atomic mass is 16.4. The zero-order valence-electron chi connectivity index (χ0n) is 9.77. The van der Waals surface area contributed by atoms with Crippen LogP contribution in [0.3, 0.4) is 0 Å². The number of hydrogen-bond acceptors (Lipinski definition) is 3. The van der Waals surface area contributed by atoms with Crippen LogP contribution < -0.4 is 16.0 Å². The first kappa shape index (κ1) is 12.4. The maximum atomic E-state index is 12.2. The van der Waals surface area contributed by atoms with Gasteiger partial charge in [0.15, 0.2) is 0 Å². The van der Waals surface area contributed by atoms with Crippen LogP contribution in [0.4, 0.5) is 10.5 Å². The number of amides is 2. The van der Waals surface area contributed by atoms with E-state index in [4.69, 9.17) is 5.11 Å². The van der Waals surface area contributed by atoms with E-state index >= 15 is 0 Å². The highest BCUT2D eigenvalue weighted by molar-refractivity contribution is 6.00. The Kier molecular flexibility index (Phi) is 3.47. The largest absolute Gasteiger partial charge is 0.465 e. The van der Waals surface area contributed by atoms with Crippen molar-refractivity contribution in [3.8, 4) is 0 Å². The second kappa shape index (κ2) is 5.05. The van der Waals surface area contributed by atoms with Gasteiger partial charge in [0.2, 0.25) is 0 Å². The molecule has 1 atom stereocenters. The molecule has 0 radical (unpaired) electrons. The first-order valence-corrected chi connectivity index (χ1v) is 5.71. The molecule has 6 nitrogen and oxygen atoms in total. The van der Waals surface area contributed by atoms with E-state index < -0.39 is 11.6 Å². The maximum absolute atomic E-state index is 12.2. The Morgan fingerprint density at radius 2 is 2.00 bits per heavy atom. The number of anilines is 1. The highest BCUT2D eigenvalue weighted by Crippen LogP contribution is 2.18. The lowest BCUT2D eigenvalue weighted by Crippen LogP contribution is -2.57. The fourth-order valence-electron chi connectivity index (χ4n) is 2.03. The summed E-state index contributed by atoms with van der Waals surface area (Å²) < 4.78 is 0. The summed E-state index contributed by atoms with van der Waals surface area (Å²) in [6, 6.07) is 8.97. The third-order valence-corrected chi connectivity index (χ3v) is 2.97. The van der Waals surface area contributed by atoms with Crippen LogP contribution in [0, 0.1) is 0 Å². The quantitative estimate of drug-likeness (QED) is 0.632. The van der Waals surface area contributed by atoms with Gasteiger partial charge in [-0.1, -0.05) is 18.2 Å². The number of nitrogens with one attached hydrogen (secondary N) is 3. The van der Waals surface area contributed by atoms with Gasteiger partial charge in [-0.05, 0) is 25.1 Å². The van der Waals surface area contributed by atoms with Crippen LogP contribution in [0.25, 0.3) is 0 Å². The maximum Gasteiger partial charge on any atom is 0.405 e. The van der Waals surface area contributed by atoms with Gasteiger partial charge in [-0.2, -0.15) is 0 Å². The minimum absolute atomic E-state index is 0.304. The number of carboxylic acid groups (broad SMARTS) is 1. The highest BCUT2D eigenvalue weighted by Gasteiger charge is 2.42. The van der Waals surface area contributed by atoms with Crippen molar-refractivity contribution in [2.75, 3.05) is 18.4 Å². The molecule has 0 aromatic heterocycles. The van der Waals surface area contributed by atoms with E-state index in [0.29, 0.717) is 25.2 Å². The van der Waals surface area contributed by atoms with Crippen LogP contribution in [-0.4, -0.2) is 35.7 Å². The van der Waals surface area contributed by atoms with Crippen molar-refractivity contribution in [1.29, 1.82) is 0 Å². The summed E-state index contributed by atoms with van der Waals surface area (Å²) in [5, 5.41) is 16.9. The third-order valence-electron chi connectivity index (χ3n) is 2.97. The molecular weight excluding hydrogens is 234 g/mol. The summed E-state index contributed by atoms with van der Waals surface area (Å²) in [4.78, 5) is 23.0. The predicted octanol–water partition coefficient (Wildman–Crippen LogP) is 0.625. The molecule has 1 heterocycles. The second-order valence-electron chi connectivity index (χ2n) is 4.26. The molecule has 18 heavy (non-hydrogen) atoms. The number of carbonyl (C=O) groups is 2. The Morgan fingerprint density at radius 3 is 2.56 bits per heavy atom. The van der Waals surface area contributed by atoms with Gasteiger partial charge in [0.25, 0.3) is 5.91 Å². The average Bonchev–Trinajstić information content (AvgIpc) is 2.79. The van der Waals surface area contributed by atoms with Gasteiger partial charge in [-0.25, -0.2) is 4.79 Å². The molecule has 0 spiro atoms. The van der Waals surface area contributed by atoms with E-state index in [1.54, 1.807) is 24.3 Å². The van der Waals surface area contributed by atoms with Gasteiger partial charge < -0.3 is 21.1 Å². The van der Waals surface area contributed by atoms with Crippen molar-refractivity contribution in [1.82, 2.24) is 10.6 Å². The van der Waals surface area contributed by atoms with Crippen molar-refractivity contribution < 1.29 is 14.7 Å². The number of carbonyl (C=O) groups excluding carboxylic acids is 1. The van der Waals surface area contributed by atoms with Gasteiger partial charge in [0.05, 0.1) is 0 Å². The zero-order chi connectivity index (χ0) is 13.0. The molecule has 1 saturated heterocycles. The summed E-state index contributed by atoms with van der Waals surface area (Å²) in [5.74, 6) is -0.332. The van der Waals surface area contributed by atoms with Crippen LogP contribution in [0.1, 0.15) is 6.42 Å². The van der Waals surface area contributed by atoms with Gasteiger partial charge in [0.1, 0.15) is 5.54 Å². The Hall–Kier alpha value is -2.08. The van der Waals surface area contributed by atoms with Crippen molar-refractivity contribution in [2.45, 2.75) is 12.0 Å². The number of hydrogen-bond donors (Lipinski definition) is 4. The minimum atomic E-state index is -1.19. The van der Waals surface area contributed by atoms with Gasteiger partial charge in [0, 0.05) is 12.2 Å². The van der Waals surface area contributed by atoms with Crippen LogP contribution in [0.5, 0.6) is 0 Å². The fraction of sp³-hybridized carbons (Fsp3) is 0.333. The number of benzene rings is 1. The second-order valence-corrected chi connectivity index (χ2v) is 4.26. The molecule has 1 aromatic rings. The summed E-state index contributed by atoms with van der Waals surface area (Å²) in [6.07, 6.45) is -0.750. The molecule has 2 rings (SSSR count). The molecule has 4 N–H and O–H groups in total. The molecule has 0 aliphatic carbocycles. The zero-order valence-corrected chi connectivity index (χ0v) is 9.77. The Labute approximate surface area is 104 Å². The number of rotatable bonds is 3. The Morgan fingerprint density at radius 1 is 1.28 bits per heavy atom. The molecule has 1 aliphatic heterocycles. The summed E-state index contributed by atoms with van der Waals surface area (Å²) >= 11 is 0. The lowest BCUT2D eigenvalue weighted by atomic mass is 9.97. The van der Waals surface area contributed by atoms with Crippen molar-refractivity contribution in [2.24, 2.45) is 0 Å². The van der Waals surface area contributed by atoms with E-state index in [0.717, 1.165) is 0 Å². The molecule has 1 unspecified atom stereocenters. The van der Waals surface area contributed by atoms with Crippen LogP contribution in [-0.2, 0) is 4.79 Å². The van der Waals surface area contributed by atoms with E-state index in [9.17, 15) is 9.59 Å². The summed E-state index contributed by atoms with van der Waals surface area (Å²) in [5.41, 5.74) is -0.428. The number of para-hydroxylation sites is 1. The molecule has 2 amide bonds. The lowest BCUT2D eigenvalue weighted by Gasteiger charge is -2.26. The molecular formula is C12H15N3O3. The summed E-state index contributed by atoms with van der Waals surface area (Å²) in [6.45, 7) is 0.917. The van der Waals surface area contributed by atoms with Crippen molar-refractivity contribution >= 4 is 17.7 Å². The van der Waals surface area contributed by atoms with Gasteiger partial charge in [-0.3, -0.25) is 4.79 Å². The van der Waals surface area contributed by atoms with Gasteiger partial charge in [-0.15, -0.1) is 0 Å². The lowest BCUT2D eigenvalue weighted by molar-refractivity contribution is -0.121. The van der Waals surface area contributed by atoms with Crippen LogP contribution in [0.15, 0.2) is 30.3 Å². The van der Waals surface area contributed by atoms with E-state index in [1.807, 2.05) is 6.07 Å². The topological polar surface area (TPSA) is 90.5 Å². The van der Waals surface area contributed by atoms with Crippen LogP contribution in [0.2, 0.25) is 0 Å². The average molecular weight is 249 g/mol. The molecule has 1 aliphatic rings. The molecule has 0 bridgehead atoms. The predicted molar refractivity (Wildman–Crippen MR) is 66.4 cm³/mol. The monoisotopic (exact) mass is 249 g/mol. The molecule has 96 valence electrons. The van der Waals surface area contributed by atoms with E-state index in [2.05, 4.69) is 16.0 Å². The normalized spacial score (nSPS) is 22.4. The first-order valence-electron chi connectivity index (χ1n) is 5.71. The fourth-order valence-corrected chi connectivity index (χ4v) is 2.03. The van der Waals surface area contributed by atoms with Crippen LogP contribution >= 0.6 is 0 Å². The SMILES string of the molecule is O=C(O)NC1(C(=O)Nc2ccccc2)CCNC1. The van der Waals surface area contributed by atoms with E-state index in [1.165, 1.54) is 0 Å². The Balaban J connectivity index is 2.12. The summed E-state index contributed by atoms with van der Waals surface area (Å²) in [7, 11) is 0. The Bertz CT molecular complexity index is 441. The molecule has 1 aromatic carbocycles. The molecule has 1 fully saturated rings. The smallest absolute Gasteiger partial charge is 0.405 e. The first-order chi connectivity index (χ1) is 8.62. The third kappa shape index (κ3) is 2.60. The molecule has 6 heteroatoms. The standard InChI is InChI=1S/C12H15N3O3/c16-10(14-9-4-2-1-3-5-9)12(15-11(17)18)6-7-13-8-12/h1-5,13,15H,6-8H2,(H,14,16)(H,17,18). The van der Waals surface area contributed by atoms with Crippen molar-refractivity contribution in [3.63, 3.8) is 0 Å². The van der Waals surface area contributed by atoms with Crippen molar-refractivity contribution in [3.05, 3.63) is 30.3 Å². The van der Waals surface area contributed by atoms with Gasteiger partial charge >= 0.3 is 6.09 Å². The minimum Gasteiger partial charge on any atom is -0.465 e. The molecule has 0 saturated carbocycles.